The normalized spacial score (nSPS) is 25.4. The third-order valence-corrected chi connectivity index (χ3v) is 4.15. The minimum Gasteiger partial charge on any atom is -0.313 e. The summed E-state index contributed by atoms with van der Waals surface area (Å²) in [5.74, 6) is 0.156. The number of rotatable bonds is 3. The maximum atomic E-state index is 14.2. The molecule has 0 aromatic heterocycles. The van der Waals surface area contributed by atoms with Crippen LogP contribution in [0.3, 0.4) is 0 Å². The Morgan fingerprint density at radius 2 is 2.00 bits per heavy atom. The predicted molar refractivity (Wildman–Crippen MR) is 69.4 cm³/mol. The SMILES string of the molecule is CNC(c1c(F)ccc(C)c1F)C1CCC(C)C1. The molecule has 1 fully saturated rings. The van der Waals surface area contributed by atoms with E-state index < -0.39 is 11.6 Å². The number of hydrogen-bond donors (Lipinski definition) is 1. The lowest BCUT2D eigenvalue weighted by Crippen LogP contribution is -2.26. The number of benzene rings is 1. The Morgan fingerprint density at radius 3 is 2.56 bits per heavy atom. The van der Waals surface area contributed by atoms with Gasteiger partial charge in [0, 0.05) is 11.6 Å². The van der Waals surface area contributed by atoms with Crippen molar-refractivity contribution in [3.63, 3.8) is 0 Å². The molecule has 1 saturated carbocycles. The summed E-state index contributed by atoms with van der Waals surface area (Å²) in [7, 11) is 1.79. The van der Waals surface area contributed by atoms with Gasteiger partial charge in [-0.3, -0.25) is 0 Å². The molecule has 1 aromatic rings. The van der Waals surface area contributed by atoms with Crippen LogP contribution in [0.1, 0.15) is 43.4 Å². The summed E-state index contributed by atoms with van der Waals surface area (Å²) in [5, 5.41) is 3.11. The molecule has 2 rings (SSSR count). The van der Waals surface area contributed by atoms with Gasteiger partial charge in [0.05, 0.1) is 0 Å². The van der Waals surface area contributed by atoms with E-state index in [2.05, 4.69) is 12.2 Å². The number of hydrogen-bond acceptors (Lipinski definition) is 1. The summed E-state index contributed by atoms with van der Waals surface area (Å²) >= 11 is 0. The Morgan fingerprint density at radius 1 is 1.28 bits per heavy atom. The van der Waals surface area contributed by atoms with Crippen LogP contribution in [0.15, 0.2) is 12.1 Å². The molecule has 1 aromatic carbocycles. The van der Waals surface area contributed by atoms with Gasteiger partial charge in [-0.1, -0.05) is 19.4 Å². The monoisotopic (exact) mass is 253 g/mol. The zero-order valence-electron chi connectivity index (χ0n) is 11.3. The number of aryl methyl sites for hydroxylation is 1. The van der Waals surface area contributed by atoms with Crippen LogP contribution in [-0.2, 0) is 0 Å². The van der Waals surface area contributed by atoms with Crippen LogP contribution < -0.4 is 5.32 Å². The van der Waals surface area contributed by atoms with E-state index in [9.17, 15) is 8.78 Å². The van der Waals surface area contributed by atoms with E-state index in [1.807, 2.05) is 0 Å². The van der Waals surface area contributed by atoms with Crippen molar-refractivity contribution in [2.24, 2.45) is 11.8 Å². The molecular formula is C15H21F2N. The first-order chi connectivity index (χ1) is 8.54. The molecule has 0 heterocycles. The maximum Gasteiger partial charge on any atom is 0.133 e. The molecule has 0 aliphatic heterocycles. The van der Waals surface area contributed by atoms with Gasteiger partial charge >= 0.3 is 0 Å². The van der Waals surface area contributed by atoms with Gasteiger partial charge in [-0.2, -0.15) is 0 Å². The maximum absolute atomic E-state index is 14.2. The first-order valence-electron chi connectivity index (χ1n) is 6.66. The number of halogens is 2. The second-order valence-electron chi connectivity index (χ2n) is 5.54. The second kappa shape index (κ2) is 5.35. The van der Waals surface area contributed by atoms with Gasteiger partial charge in [0.2, 0.25) is 0 Å². The fourth-order valence-electron chi connectivity index (χ4n) is 3.13. The predicted octanol–water partition coefficient (Wildman–Crippen LogP) is 3.97. The first-order valence-corrected chi connectivity index (χ1v) is 6.66. The third kappa shape index (κ3) is 2.41. The van der Waals surface area contributed by atoms with Crippen molar-refractivity contribution in [1.82, 2.24) is 5.32 Å². The molecule has 100 valence electrons. The molecule has 1 aliphatic rings. The summed E-state index contributed by atoms with van der Waals surface area (Å²) in [5.41, 5.74) is 0.731. The highest BCUT2D eigenvalue weighted by Gasteiger charge is 2.32. The van der Waals surface area contributed by atoms with E-state index in [4.69, 9.17) is 0 Å². The van der Waals surface area contributed by atoms with Crippen LogP contribution in [0, 0.1) is 30.4 Å². The Labute approximate surface area is 108 Å². The largest absolute Gasteiger partial charge is 0.313 e. The first kappa shape index (κ1) is 13.5. The summed E-state index contributed by atoms with van der Waals surface area (Å²) in [6.45, 7) is 3.89. The Bertz CT molecular complexity index is 431. The van der Waals surface area contributed by atoms with Crippen LogP contribution in [0.2, 0.25) is 0 Å². The van der Waals surface area contributed by atoms with E-state index in [1.54, 1.807) is 14.0 Å². The van der Waals surface area contributed by atoms with Crippen LogP contribution in [0.5, 0.6) is 0 Å². The molecule has 1 aliphatic carbocycles. The topological polar surface area (TPSA) is 12.0 Å². The zero-order chi connectivity index (χ0) is 13.3. The molecular weight excluding hydrogens is 232 g/mol. The Kier molecular flexibility index (Phi) is 4.00. The Hall–Kier alpha value is -0.960. The van der Waals surface area contributed by atoms with Crippen molar-refractivity contribution in [3.8, 4) is 0 Å². The molecule has 18 heavy (non-hydrogen) atoms. The molecule has 1 nitrogen and oxygen atoms in total. The lowest BCUT2D eigenvalue weighted by Gasteiger charge is -2.25. The minimum atomic E-state index is -0.433. The smallest absolute Gasteiger partial charge is 0.133 e. The average Bonchev–Trinajstić information content (AvgIpc) is 2.76. The standard InChI is InChI=1S/C15H21F2N/c1-9-4-6-11(8-9)15(18-3)13-12(16)7-5-10(2)14(13)17/h5,7,9,11,15,18H,4,6,8H2,1-3H3. The highest BCUT2D eigenvalue weighted by atomic mass is 19.1. The molecule has 3 unspecified atom stereocenters. The van der Waals surface area contributed by atoms with E-state index >= 15 is 0 Å². The lowest BCUT2D eigenvalue weighted by atomic mass is 9.89. The van der Waals surface area contributed by atoms with Crippen LogP contribution in [0.25, 0.3) is 0 Å². The number of nitrogens with one attached hydrogen (secondary N) is 1. The quantitative estimate of drug-likeness (QED) is 0.859. The van der Waals surface area contributed by atoms with Crippen molar-refractivity contribution < 1.29 is 8.78 Å². The average molecular weight is 253 g/mol. The minimum absolute atomic E-state index is 0.213. The van der Waals surface area contributed by atoms with E-state index in [-0.39, 0.29) is 11.6 Å². The van der Waals surface area contributed by atoms with Gasteiger partial charge in [-0.05, 0) is 50.3 Å². The van der Waals surface area contributed by atoms with Gasteiger partial charge in [0.25, 0.3) is 0 Å². The fourth-order valence-corrected chi connectivity index (χ4v) is 3.13. The highest BCUT2D eigenvalue weighted by Crippen LogP contribution is 2.40. The summed E-state index contributed by atoms with van der Waals surface area (Å²) < 4.78 is 28.1. The molecule has 3 heteroatoms. The molecule has 0 saturated heterocycles. The van der Waals surface area contributed by atoms with Gasteiger partial charge < -0.3 is 5.32 Å². The highest BCUT2D eigenvalue weighted by molar-refractivity contribution is 5.30. The molecule has 0 radical (unpaired) electrons. The van der Waals surface area contributed by atoms with Crippen LogP contribution in [-0.4, -0.2) is 7.05 Å². The van der Waals surface area contributed by atoms with Gasteiger partial charge in [-0.15, -0.1) is 0 Å². The summed E-state index contributed by atoms with van der Waals surface area (Å²) in [6.07, 6.45) is 3.23. The zero-order valence-corrected chi connectivity index (χ0v) is 11.3. The molecule has 3 atom stereocenters. The van der Waals surface area contributed by atoms with Crippen LogP contribution >= 0.6 is 0 Å². The third-order valence-electron chi connectivity index (χ3n) is 4.15. The second-order valence-corrected chi connectivity index (χ2v) is 5.54. The van der Waals surface area contributed by atoms with Gasteiger partial charge in [0.15, 0.2) is 0 Å². The summed E-state index contributed by atoms with van der Waals surface area (Å²) in [6, 6.07) is 2.66. The van der Waals surface area contributed by atoms with Crippen molar-refractivity contribution >= 4 is 0 Å². The van der Waals surface area contributed by atoms with Crippen LogP contribution in [0.4, 0.5) is 8.78 Å². The van der Waals surface area contributed by atoms with Crippen molar-refractivity contribution in [2.45, 2.75) is 39.2 Å². The molecule has 0 bridgehead atoms. The molecule has 1 N–H and O–H groups in total. The van der Waals surface area contributed by atoms with Gasteiger partial charge in [0.1, 0.15) is 11.6 Å². The molecule has 0 spiro atoms. The van der Waals surface area contributed by atoms with Crippen molar-refractivity contribution in [1.29, 1.82) is 0 Å². The fraction of sp³-hybridized carbons (Fsp3) is 0.600. The van der Waals surface area contributed by atoms with Crippen molar-refractivity contribution in [3.05, 3.63) is 34.9 Å². The summed E-state index contributed by atoms with van der Waals surface area (Å²) in [4.78, 5) is 0. The van der Waals surface area contributed by atoms with E-state index in [0.29, 0.717) is 17.4 Å². The molecule has 0 amide bonds. The van der Waals surface area contributed by atoms with Gasteiger partial charge in [-0.25, -0.2) is 8.78 Å². The van der Waals surface area contributed by atoms with E-state index in [1.165, 1.54) is 12.1 Å². The van der Waals surface area contributed by atoms with E-state index in [0.717, 1.165) is 19.3 Å². The Balaban J connectivity index is 2.36. The van der Waals surface area contributed by atoms with Crippen molar-refractivity contribution in [2.75, 3.05) is 7.05 Å². The lowest BCUT2D eigenvalue weighted by molar-refractivity contribution is 0.355.